The van der Waals surface area contributed by atoms with Gasteiger partial charge in [0.1, 0.15) is 23.4 Å². The molecule has 0 amide bonds. The van der Waals surface area contributed by atoms with Crippen molar-refractivity contribution in [1.82, 2.24) is 10.2 Å². The number of ether oxygens (including phenoxy) is 2. The zero-order valence-corrected chi connectivity index (χ0v) is 22.1. The first-order chi connectivity index (χ1) is 16.9. The van der Waals surface area contributed by atoms with Gasteiger partial charge in [0, 0.05) is 17.1 Å². The second kappa shape index (κ2) is 13.1. The molecule has 5 heteroatoms. The number of piperidine rings is 1. The number of hydrogen-bond donors (Lipinski definition) is 1. The molecule has 0 aromatic heterocycles. The number of benzene rings is 1. The van der Waals surface area contributed by atoms with Gasteiger partial charge in [-0.1, -0.05) is 38.7 Å². The van der Waals surface area contributed by atoms with Crippen LogP contribution < -0.4 is 14.8 Å². The number of nitrogens with zero attached hydrogens (tertiary/aromatic N) is 1. The Morgan fingerprint density at radius 3 is 2.51 bits per heavy atom. The highest BCUT2D eigenvalue weighted by molar-refractivity contribution is 5.76. The average Bonchev–Trinajstić information content (AvgIpc) is 3.72. The van der Waals surface area contributed by atoms with Gasteiger partial charge < -0.3 is 19.7 Å². The van der Waals surface area contributed by atoms with E-state index >= 15 is 0 Å². The van der Waals surface area contributed by atoms with Crippen molar-refractivity contribution >= 4 is 6.29 Å². The predicted octanol–water partition coefficient (Wildman–Crippen LogP) is 5.68. The third-order valence-electron chi connectivity index (χ3n) is 7.41. The van der Waals surface area contributed by atoms with E-state index in [1.807, 2.05) is 12.1 Å². The summed E-state index contributed by atoms with van der Waals surface area (Å²) in [5, 5.41) is 3.45. The number of rotatable bonds is 9. The maximum Gasteiger partial charge on any atom is 0.149 e. The molecule has 1 aromatic rings. The molecule has 3 aliphatic rings. The fourth-order valence-electron chi connectivity index (χ4n) is 4.60. The maximum absolute atomic E-state index is 11.0. The highest BCUT2D eigenvalue weighted by Gasteiger charge is 2.42. The summed E-state index contributed by atoms with van der Waals surface area (Å²) >= 11 is 0. The van der Waals surface area contributed by atoms with Crippen molar-refractivity contribution in [3.63, 3.8) is 0 Å². The zero-order chi connectivity index (χ0) is 25.3. The van der Waals surface area contributed by atoms with Crippen LogP contribution in [0.3, 0.4) is 0 Å². The third-order valence-corrected chi connectivity index (χ3v) is 7.41. The van der Waals surface area contributed by atoms with Gasteiger partial charge in [0.25, 0.3) is 0 Å². The van der Waals surface area contributed by atoms with E-state index in [0.717, 1.165) is 75.8 Å². The van der Waals surface area contributed by atoms with Crippen molar-refractivity contribution in [3.8, 4) is 11.5 Å². The van der Waals surface area contributed by atoms with Gasteiger partial charge in [0.15, 0.2) is 0 Å². The Balaban J connectivity index is 0.000000509. The molecule has 0 radical (unpaired) electrons. The van der Waals surface area contributed by atoms with Gasteiger partial charge in [-0.2, -0.15) is 0 Å². The van der Waals surface area contributed by atoms with E-state index in [0.29, 0.717) is 5.57 Å². The summed E-state index contributed by atoms with van der Waals surface area (Å²) in [6, 6.07) is 6.27. The minimum Gasteiger partial charge on any atom is -0.493 e. The molecule has 2 heterocycles. The molecule has 2 aliphatic heterocycles. The summed E-state index contributed by atoms with van der Waals surface area (Å²) in [6.45, 7) is 15.2. The monoisotopic (exact) mass is 480 g/mol. The lowest BCUT2D eigenvalue weighted by Crippen LogP contribution is -2.49. The van der Waals surface area contributed by atoms with E-state index in [2.05, 4.69) is 62.8 Å². The Kier molecular flexibility index (Phi) is 10.2. The molecule has 2 fully saturated rings. The number of allylic oxidation sites excluding steroid dienone is 5. The smallest absolute Gasteiger partial charge is 0.149 e. The molecular formula is C30H44N2O3. The van der Waals surface area contributed by atoms with E-state index in [9.17, 15) is 4.79 Å². The first-order valence-electron chi connectivity index (χ1n) is 13.3. The summed E-state index contributed by atoms with van der Waals surface area (Å²) in [6.07, 6.45) is 12.3. The minimum absolute atomic E-state index is 0.136. The molecule has 35 heavy (non-hydrogen) atoms. The first kappa shape index (κ1) is 27.2. The van der Waals surface area contributed by atoms with Crippen LogP contribution in [0.2, 0.25) is 0 Å². The molecule has 5 nitrogen and oxygen atoms in total. The van der Waals surface area contributed by atoms with Gasteiger partial charge in [0.2, 0.25) is 0 Å². The second-order valence-electron chi connectivity index (χ2n) is 10.0. The quantitative estimate of drug-likeness (QED) is 0.280. The summed E-state index contributed by atoms with van der Waals surface area (Å²) in [5.41, 5.74) is 2.71. The van der Waals surface area contributed by atoms with Gasteiger partial charge in [0.05, 0.1) is 6.61 Å². The molecule has 1 atom stereocenters. The molecule has 1 unspecified atom stereocenters. The summed E-state index contributed by atoms with van der Waals surface area (Å²) in [7, 11) is 2.11. The highest BCUT2D eigenvalue weighted by atomic mass is 16.5. The van der Waals surface area contributed by atoms with Crippen LogP contribution in [0.25, 0.3) is 0 Å². The molecule has 1 aliphatic carbocycles. The first-order valence-corrected chi connectivity index (χ1v) is 13.3. The fraction of sp³-hybridized carbons (Fsp3) is 0.567. The molecule has 1 spiro atoms. The zero-order valence-electron chi connectivity index (χ0n) is 22.1. The molecule has 0 bridgehead atoms. The van der Waals surface area contributed by atoms with E-state index in [1.165, 1.54) is 24.0 Å². The Hall–Kier alpha value is -2.37. The second-order valence-corrected chi connectivity index (χ2v) is 10.0. The van der Waals surface area contributed by atoms with Crippen LogP contribution in [-0.4, -0.2) is 56.6 Å². The summed E-state index contributed by atoms with van der Waals surface area (Å²) in [5.74, 6) is 2.81. The van der Waals surface area contributed by atoms with Crippen LogP contribution in [0, 0.1) is 5.92 Å². The number of fused-ring (bicyclic) bond motifs is 1. The Morgan fingerprint density at radius 2 is 1.94 bits per heavy atom. The molecule has 1 N–H and O–H groups in total. The Labute approximate surface area is 212 Å². The van der Waals surface area contributed by atoms with E-state index in [1.54, 1.807) is 6.08 Å². The SMILES string of the molecule is C=C(C=O)/C=C\C(=C/C)C1CC2(CCNCC2)Oc2ccc(OCC3CC3)cc21.CCN(C)CC. The van der Waals surface area contributed by atoms with Crippen molar-refractivity contribution < 1.29 is 14.3 Å². The van der Waals surface area contributed by atoms with Crippen LogP contribution in [0.15, 0.2) is 54.2 Å². The topological polar surface area (TPSA) is 50.8 Å². The molecule has 192 valence electrons. The van der Waals surface area contributed by atoms with Gasteiger partial charge in [-0.05, 0) is 102 Å². The maximum atomic E-state index is 11.0. The Bertz CT molecular complexity index is 906. The van der Waals surface area contributed by atoms with Gasteiger partial charge in [-0.15, -0.1) is 0 Å². The molecule has 1 saturated carbocycles. The minimum atomic E-state index is -0.136. The van der Waals surface area contributed by atoms with Crippen LogP contribution in [0.5, 0.6) is 11.5 Å². The van der Waals surface area contributed by atoms with Crippen LogP contribution in [-0.2, 0) is 4.79 Å². The van der Waals surface area contributed by atoms with Crippen LogP contribution in [0.1, 0.15) is 64.4 Å². The lowest BCUT2D eigenvalue weighted by Gasteiger charge is -2.45. The van der Waals surface area contributed by atoms with Gasteiger partial charge >= 0.3 is 0 Å². The number of carbonyl (C=O) groups is 1. The van der Waals surface area contributed by atoms with Crippen molar-refractivity contribution in [1.29, 1.82) is 0 Å². The third kappa shape index (κ3) is 7.81. The largest absolute Gasteiger partial charge is 0.493 e. The van der Waals surface area contributed by atoms with E-state index in [-0.39, 0.29) is 11.5 Å². The number of nitrogens with one attached hydrogen (secondary N) is 1. The number of carbonyl (C=O) groups excluding carboxylic acids is 1. The summed E-state index contributed by atoms with van der Waals surface area (Å²) in [4.78, 5) is 13.2. The van der Waals surface area contributed by atoms with Crippen LogP contribution in [0.4, 0.5) is 0 Å². The van der Waals surface area contributed by atoms with Crippen molar-refractivity contribution in [2.75, 3.05) is 39.8 Å². The average molecular weight is 481 g/mol. The fourth-order valence-corrected chi connectivity index (χ4v) is 4.60. The number of hydrogen-bond acceptors (Lipinski definition) is 5. The Morgan fingerprint density at radius 1 is 1.23 bits per heavy atom. The molecular weight excluding hydrogens is 436 g/mol. The van der Waals surface area contributed by atoms with Gasteiger partial charge in [-0.3, -0.25) is 4.79 Å². The predicted molar refractivity (Wildman–Crippen MR) is 144 cm³/mol. The summed E-state index contributed by atoms with van der Waals surface area (Å²) < 4.78 is 12.7. The molecule has 4 rings (SSSR count). The van der Waals surface area contributed by atoms with Crippen LogP contribution >= 0.6 is 0 Å². The standard InChI is InChI=1S/C25H31NO3.C5H13N/c1-3-20(7-4-18(2)16-27)23-15-25(10-12-26-13-11-25)29-24-9-8-21(14-22(23)24)28-17-19-5-6-19;1-4-6(3)5-2/h3-4,7-9,14,16,19,23,26H,2,5-6,10-13,15,17H2,1H3;4-5H2,1-3H3/b7-4-,20-3+;. The van der Waals surface area contributed by atoms with Crippen molar-refractivity contribution in [3.05, 3.63) is 59.7 Å². The lowest BCUT2D eigenvalue weighted by molar-refractivity contribution is -0.104. The highest BCUT2D eigenvalue weighted by Crippen LogP contribution is 2.49. The van der Waals surface area contributed by atoms with Gasteiger partial charge in [-0.25, -0.2) is 0 Å². The van der Waals surface area contributed by atoms with E-state index in [4.69, 9.17) is 9.47 Å². The van der Waals surface area contributed by atoms with E-state index < -0.39 is 0 Å². The number of aldehydes is 1. The lowest BCUT2D eigenvalue weighted by atomic mass is 9.74. The van der Waals surface area contributed by atoms with Crippen molar-refractivity contribution in [2.24, 2.45) is 5.92 Å². The molecule has 1 aromatic carbocycles. The molecule has 1 saturated heterocycles. The van der Waals surface area contributed by atoms with Crippen molar-refractivity contribution in [2.45, 2.75) is 64.4 Å². The normalized spacial score (nSPS) is 21.2.